The van der Waals surface area contributed by atoms with Crippen LogP contribution in [0.25, 0.3) is 11.1 Å². The summed E-state index contributed by atoms with van der Waals surface area (Å²) in [5.74, 6) is 0.917. The molecule has 0 fully saturated rings. The Morgan fingerprint density at radius 1 is 1.04 bits per heavy atom. The maximum absolute atomic E-state index is 13.3. The molecule has 0 spiro atoms. The molecular formula is C20H19NO3S. The summed E-state index contributed by atoms with van der Waals surface area (Å²) in [4.78, 5) is 14.3. The Hall–Kier alpha value is -2.79. The molecule has 2 N–H and O–H groups in total. The first kappa shape index (κ1) is 17.0. The molecule has 128 valence electrons. The molecule has 0 radical (unpaired) electrons. The molecule has 0 aliphatic rings. The van der Waals surface area contributed by atoms with Gasteiger partial charge in [-0.2, -0.15) is 0 Å². The molecule has 0 bridgehead atoms. The number of aryl methyl sites for hydroxylation is 1. The van der Waals surface area contributed by atoms with Crippen LogP contribution in [0.4, 0.5) is 5.00 Å². The molecule has 1 heterocycles. The van der Waals surface area contributed by atoms with Crippen LogP contribution in [-0.2, 0) is 0 Å². The standard InChI is InChI=1S/C20H19NO3S/c1-12-17(13-7-5-4-6-8-13)18(20(21)25-12)19(22)15-11-14(23-2)9-10-16(15)24-3/h4-11H,21H2,1-3H3. The summed E-state index contributed by atoms with van der Waals surface area (Å²) in [6.07, 6.45) is 0. The van der Waals surface area contributed by atoms with Gasteiger partial charge >= 0.3 is 0 Å². The highest BCUT2D eigenvalue weighted by Crippen LogP contribution is 2.40. The number of benzene rings is 2. The minimum absolute atomic E-state index is 0.170. The second-order valence-electron chi connectivity index (χ2n) is 5.53. The summed E-state index contributed by atoms with van der Waals surface area (Å²) in [7, 11) is 3.10. The van der Waals surface area contributed by atoms with E-state index >= 15 is 0 Å². The molecule has 4 nitrogen and oxygen atoms in total. The quantitative estimate of drug-likeness (QED) is 0.683. The van der Waals surface area contributed by atoms with E-state index in [4.69, 9.17) is 15.2 Å². The van der Waals surface area contributed by atoms with Crippen LogP contribution >= 0.6 is 11.3 Å². The van der Waals surface area contributed by atoms with Gasteiger partial charge in [0.1, 0.15) is 11.5 Å². The van der Waals surface area contributed by atoms with Crippen LogP contribution < -0.4 is 15.2 Å². The molecule has 3 rings (SSSR count). The minimum Gasteiger partial charge on any atom is -0.497 e. The normalized spacial score (nSPS) is 10.5. The fourth-order valence-corrected chi connectivity index (χ4v) is 3.82. The molecule has 2 aromatic carbocycles. The highest BCUT2D eigenvalue weighted by Gasteiger charge is 2.25. The minimum atomic E-state index is -0.170. The Bertz CT molecular complexity index is 916. The number of hydrogen-bond acceptors (Lipinski definition) is 5. The lowest BCUT2D eigenvalue weighted by molar-refractivity contribution is 0.103. The molecule has 0 atom stereocenters. The van der Waals surface area contributed by atoms with Gasteiger partial charge in [0.2, 0.25) is 0 Å². The zero-order valence-corrected chi connectivity index (χ0v) is 15.1. The van der Waals surface area contributed by atoms with Gasteiger partial charge in [-0.25, -0.2) is 0 Å². The van der Waals surface area contributed by atoms with E-state index in [1.807, 2.05) is 37.3 Å². The molecule has 1 aromatic heterocycles. The number of methoxy groups -OCH3 is 2. The van der Waals surface area contributed by atoms with Crippen molar-refractivity contribution in [3.05, 3.63) is 64.5 Å². The lowest BCUT2D eigenvalue weighted by atomic mass is 9.95. The Kier molecular flexibility index (Phi) is 4.76. The van der Waals surface area contributed by atoms with Gasteiger partial charge in [-0.15, -0.1) is 11.3 Å². The molecule has 0 aliphatic carbocycles. The molecule has 3 aromatic rings. The molecule has 0 saturated carbocycles. The van der Waals surface area contributed by atoms with Crippen molar-refractivity contribution in [3.8, 4) is 22.6 Å². The van der Waals surface area contributed by atoms with E-state index in [2.05, 4.69) is 0 Å². The largest absolute Gasteiger partial charge is 0.497 e. The van der Waals surface area contributed by atoms with Gasteiger partial charge in [-0.3, -0.25) is 4.79 Å². The van der Waals surface area contributed by atoms with E-state index in [1.54, 1.807) is 32.4 Å². The average Bonchev–Trinajstić information content (AvgIpc) is 2.95. The van der Waals surface area contributed by atoms with Crippen LogP contribution in [0.5, 0.6) is 11.5 Å². The Morgan fingerprint density at radius 3 is 2.40 bits per heavy atom. The molecule has 0 amide bonds. The number of ether oxygens (including phenoxy) is 2. The Morgan fingerprint density at radius 2 is 1.76 bits per heavy atom. The van der Waals surface area contributed by atoms with Crippen molar-refractivity contribution >= 4 is 22.1 Å². The third-order valence-electron chi connectivity index (χ3n) is 4.05. The monoisotopic (exact) mass is 353 g/mol. The van der Waals surface area contributed by atoms with E-state index in [1.165, 1.54) is 11.3 Å². The number of anilines is 1. The van der Waals surface area contributed by atoms with E-state index in [9.17, 15) is 4.79 Å². The first-order valence-electron chi connectivity index (χ1n) is 7.77. The molecule has 0 saturated heterocycles. The lowest BCUT2D eigenvalue weighted by Gasteiger charge is -2.11. The maximum Gasteiger partial charge on any atom is 0.200 e. The van der Waals surface area contributed by atoms with Crippen molar-refractivity contribution < 1.29 is 14.3 Å². The lowest BCUT2D eigenvalue weighted by Crippen LogP contribution is -2.07. The fraction of sp³-hybridized carbons (Fsp3) is 0.150. The Labute approximate surface area is 150 Å². The van der Waals surface area contributed by atoms with Crippen LogP contribution in [0.2, 0.25) is 0 Å². The van der Waals surface area contributed by atoms with Crippen molar-refractivity contribution in [2.75, 3.05) is 20.0 Å². The van der Waals surface area contributed by atoms with Gasteiger partial charge in [0.15, 0.2) is 5.78 Å². The fourth-order valence-electron chi connectivity index (χ4n) is 2.87. The molecular weight excluding hydrogens is 334 g/mol. The summed E-state index contributed by atoms with van der Waals surface area (Å²) in [5, 5.41) is 0.506. The van der Waals surface area contributed by atoms with Crippen LogP contribution in [-0.4, -0.2) is 20.0 Å². The predicted molar refractivity (Wildman–Crippen MR) is 102 cm³/mol. The summed E-state index contributed by atoms with van der Waals surface area (Å²) in [6, 6.07) is 15.0. The Balaban J connectivity index is 2.19. The molecule has 25 heavy (non-hydrogen) atoms. The van der Waals surface area contributed by atoms with Crippen LogP contribution in [0.15, 0.2) is 48.5 Å². The molecule has 0 aliphatic heterocycles. The van der Waals surface area contributed by atoms with Crippen LogP contribution in [0.1, 0.15) is 20.8 Å². The second-order valence-corrected chi connectivity index (χ2v) is 6.79. The highest BCUT2D eigenvalue weighted by atomic mass is 32.1. The first-order valence-corrected chi connectivity index (χ1v) is 8.59. The molecule has 5 heteroatoms. The van der Waals surface area contributed by atoms with Gasteiger partial charge in [0.05, 0.1) is 30.3 Å². The summed E-state index contributed by atoms with van der Waals surface area (Å²) in [6.45, 7) is 1.98. The number of carbonyl (C=O) groups is 1. The van der Waals surface area contributed by atoms with Gasteiger partial charge in [-0.1, -0.05) is 30.3 Å². The third kappa shape index (κ3) is 3.10. The number of nitrogen functional groups attached to an aromatic ring is 1. The van der Waals surface area contributed by atoms with Crippen LogP contribution in [0, 0.1) is 6.92 Å². The zero-order valence-electron chi connectivity index (χ0n) is 14.3. The third-order valence-corrected chi connectivity index (χ3v) is 4.99. The van der Waals surface area contributed by atoms with E-state index in [0.717, 1.165) is 16.0 Å². The predicted octanol–water partition coefficient (Wildman–Crippen LogP) is 4.55. The van der Waals surface area contributed by atoms with Gasteiger partial charge in [0.25, 0.3) is 0 Å². The number of thiophene rings is 1. The number of ketones is 1. The van der Waals surface area contributed by atoms with Crippen molar-refractivity contribution in [2.45, 2.75) is 6.92 Å². The number of hydrogen-bond donors (Lipinski definition) is 1. The number of carbonyl (C=O) groups excluding carboxylic acids is 1. The topological polar surface area (TPSA) is 61.5 Å². The van der Waals surface area contributed by atoms with Gasteiger partial charge in [-0.05, 0) is 30.7 Å². The van der Waals surface area contributed by atoms with E-state index in [-0.39, 0.29) is 5.78 Å². The van der Waals surface area contributed by atoms with Crippen molar-refractivity contribution in [1.82, 2.24) is 0 Å². The summed E-state index contributed by atoms with van der Waals surface area (Å²) >= 11 is 1.42. The van der Waals surface area contributed by atoms with Crippen LogP contribution in [0.3, 0.4) is 0 Å². The second kappa shape index (κ2) is 6.99. The van der Waals surface area contributed by atoms with E-state index in [0.29, 0.717) is 27.6 Å². The maximum atomic E-state index is 13.3. The highest BCUT2D eigenvalue weighted by molar-refractivity contribution is 7.16. The molecule has 0 unspecified atom stereocenters. The summed E-state index contributed by atoms with van der Waals surface area (Å²) in [5.41, 5.74) is 9.00. The zero-order chi connectivity index (χ0) is 18.0. The van der Waals surface area contributed by atoms with Crippen molar-refractivity contribution in [2.24, 2.45) is 0 Å². The van der Waals surface area contributed by atoms with Crippen molar-refractivity contribution in [1.29, 1.82) is 0 Å². The summed E-state index contributed by atoms with van der Waals surface area (Å²) < 4.78 is 10.6. The average molecular weight is 353 g/mol. The van der Waals surface area contributed by atoms with Gasteiger partial charge in [0, 0.05) is 10.4 Å². The first-order chi connectivity index (χ1) is 12.1. The van der Waals surface area contributed by atoms with E-state index < -0.39 is 0 Å². The number of rotatable bonds is 5. The number of nitrogens with two attached hydrogens (primary N) is 1. The SMILES string of the molecule is COc1ccc(OC)c(C(=O)c2c(N)sc(C)c2-c2ccccc2)c1. The van der Waals surface area contributed by atoms with Gasteiger partial charge < -0.3 is 15.2 Å². The smallest absolute Gasteiger partial charge is 0.200 e. The van der Waals surface area contributed by atoms with Crippen molar-refractivity contribution in [3.63, 3.8) is 0 Å².